The zero-order valence-corrected chi connectivity index (χ0v) is 28.0. The van der Waals surface area contributed by atoms with Crippen molar-refractivity contribution in [3.63, 3.8) is 0 Å². The molecule has 0 aliphatic heterocycles. The Morgan fingerprint density at radius 1 is 0.628 bits per heavy atom. The molecule has 0 N–H and O–H groups in total. The molecule has 0 nitrogen and oxygen atoms in total. The predicted octanol–water partition coefficient (Wildman–Crippen LogP) is 11.8. The van der Waals surface area contributed by atoms with Crippen molar-refractivity contribution in [2.45, 2.75) is 92.4 Å². The summed E-state index contributed by atoms with van der Waals surface area (Å²) in [5.41, 5.74) is 6.37. The number of rotatable bonds is 7. The van der Waals surface area contributed by atoms with Gasteiger partial charge in [0.25, 0.3) is 0 Å². The highest BCUT2D eigenvalue weighted by Crippen LogP contribution is 2.65. The predicted molar refractivity (Wildman–Crippen MR) is 185 cm³/mol. The number of benzene rings is 2. The van der Waals surface area contributed by atoms with Crippen LogP contribution in [-0.2, 0) is 5.41 Å². The van der Waals surface area contributed by atoms with E-state index in [4.69, 9.17) is 0 Å². The monoisotopic (exact) mass is 572 g/mol. The van der Waals surface area contributed by atoms with E-state index in [-0.39, 0.29) is 16.2 Å². The van der Waals surface area contributed by atoms with Gasteiger partial charge in [-0.3, -0.25) is 0 Å². The van der Waals surface area contributed by atoms with Crippen molar-refractivity contribution in [2.75, 3.05) is 0 Å². The smallest absolute Gasteiger partial charge is 0.0270 e. The minimum atomic E-state index is -0.0405. The molecule has 0 saturated heterocycles. The molecule has 0 heteroatoms. The van der Waals surface area contributed by atoms with Gasteiger partial charge >= 0.3 is 0 Å². The third-order valence-corrected chi connectivity index (χ3v) is 11.8. The van der Waals surface area contributed by atoms with Gasteiger partial charge in [-0.25, -0.2) is 0 Å². The van der Waals surface area contributed by atoms with Crippen LogP contribution in [-0.4, -0.2) is 0 Å². The van der Waals surface area contributed by atoms with Gasteiger partial charge in [-0.1, -0.05) is 171 Å². The van der Waals surface area contributed by atoms with E-state index in [0.717, 1.165) is 5.92 Å². The molecule has 4 aliphatic carbocycles. The second-order valence-corrected chi connectivity index (χ2v) is 16.4. The van der Waals surface area contributed by atoms with Crippen molar-refractivity contribution in [1.29, 1.82) is 0 Å². The van der Waals surface area contributed by atoms with Gasteiger partial charge in [0.2, 0.25) is 0 Å². The van der Waals surface area contributed by atoms with Crippen LogP contribution in [0, 0.1) is 52.3 Å². The zero-order valence-electron chi connectivity index (χ0n) is 28.0. The van der Waals surface area contributed by atoms with Gasteiger partial charge in [0.15, 0.2) is 0 Å². The summed E-state index contributed by atoms with van der Waals surface area (Å²) in [7, 11) is 0. The summed E-state index contributed by atoms with van der Waals surface area (Å²) in [6, 6.07) is 23.7. The number of unbranched alkanes of at least 4 members (excludes halogenated alkanes) is 1. The zero-order chi connectivity index (χ0) is 30.4. The van der Waals surface area contributed by atoms with Crippen LogP contribution in [0.3, 0.4) is 0 Å². The van der Waals surface area contributed by atoms with E-state index in [9.17, 15) is 0 Å². The molecule has 43 heavy (non-hydrogen) atoms. The summed E-state index contributed by atoms with van der Waals surface area (Å²) in [6.07, 6.45) is 23.9. The van der Waals surface area contributed by atoms with E-state index in [1.54, 1.807) is 11.1 Å². The number of allylic oxidation sites excluding steroid dienone is 8. The highest BCUT2D eigenvalue weighted by atomic mass is 14.6. The number of hydrogen-bond acceptors (Lipinski definition) is 0. The maximum Gasteiger partial charge on any atom is 0.0270 e. The highest BCUT2D eigenvalue weighted by Gasteiger charge is 2.61. The first-order chi connectivity index (χ1) is 20.5. The van der Waals surface area contributed by atoms with Crippen molar-refractivity contribution in [3.8, 4) is 0 Å². The molecule has 228 valence electrons. The fraction of sp³-hybridized carbons (Fsp3) is 0.535. The lowest BCUT2D eigenvalue weighted by atomic mass is 9.52. The van der Waals surface area contributed by atoms with Crippen LogP contribution in [0.25, 0.3) is 0 Å². The molecule has 2 fully saturated rings. The van der Waals surface area contributed by atoms with Gasteiger partial charge in [0.1, 0.15) is 0 Å². The van der Waals surface area contributed by atoms with Crippen molar-refractivity contribution < 1.29 is 0 Å². The Bertz CT molecular complexity index is 1280. The fourth-order valence-electron chi connectivity index (χ4n) is 9.72. The van der Waals surface area contributed by atoms with Crippen molar-refractivity contribution in [3.05, 3.63) is 119 Å². The van der Waals surface area contributed by atoms with E-state index in [2.05, 4.69) is 146 Å². The maximum absolute atomic E-state index is 2.76. The van der Waals surface area contributed by atoms with Crippen molar-refractivity contribution in [1.82, 2.24) is 0 Å². The SMILES string of the molecule is CCCCC1CCC(C(c2ccccc2)(c2ccccc2)C2C3C=C(C(C)(C)C)C=CC3C3C=CC(C(C)(C)C)=CC32)C1. The topological polar surface area (TPSA) is 0 Å². The third-order valence-electron chi connectivity index (χ3n) is 11.8. The minimum absolute atomic E-state index is 0.0405. The Morgan fingerprint density at radius 3 is 1.56 bits per heavy atom. The number of fused-ring (bicyclic) bond motifs is 3. The largest absolute Gasteiger partial charge is 0.0799 e. The average Bonchev–Trinajstić information content (AvgIpc) is 3.60. The van der Waals surface area contributed by atoms with Crippen LogP contribution in [0.1, 0.15) is 98.1 Å². The Morgan fingerprint density at radius 2 is 1.12 bits per heavy atom. The molecule has 4 aliphatic rings. The van der Waals surface area contributed by atoms with Gasteiger partial charge < -0.3 is 0 Å². The first-order valence-electron chi connectivity index (χ1n) is 17.5. The molecule has 2 aromatic rings. The normalized spacial score (nSPS) is 30.5. The summed E-state index contributed by atoms with van der Waals surface area (Å²) in [5, 5.41) is 0. The van der Waals surface area contributed by atoms with Crippen molar-refractivity contribution >= 4 is 0 Å². The summed E-state index contributed by atoms with van der Waals surface area (Å²) in [5.74, 6) is 4.07. The van der Waals surface area contributed by atoms with E-state index >= 15 is 0 Å². The third kappa shape index (κ3) is 5.47. The summed E-state index contributed by atoms with van der Waals surface area (Å²) < 4.78 is 0. The molecule has 0 spiro atoms. The highest BCUT2D eigenvalue weighted by molar-refractivity contribution is 5.48. The van der Waals surface area contributed by atoms with Crippen LogP contribution in [0.2, 0.25) is 0 Å². The quantitative estimate of drug-likeness (QED) is 0.309. The van der Waals surface area contributed by atoms with Gasteiger partial charge in [-0.15, -0.1) is 0 Å². The minimum Gasteiger partial charge on any atom is -0.0799 e. The van der Waals surface area contributed by atoms with E-state index in [1.165, 1.54) is 49.7 Å². The molecule has 0 aromatic heterocycles. The summed E-state index contributed by atoms with van der Waals surface area (Å²) in [4.78, 5) is 0. The molecule has 0 radical (unpaired) electrons. The van der Waals surface area contributed by atoms with Gasteiger partial charge in [0.05, 0.1) is 0 Å². The molecule has 2 saturated carbocycles. The molecule has 0 amide bonds. The second kappa shape index (κ2) is 11.7. The van der Waals surface area contributed by atoms with Crippen LogP contribution in [0.15, 0.2) is 108 Å². The van der Waals surface area contributed by atoms with Crippen molar-refractivity contribution in [2.24, 2.45) is 52.3 Å². The molecule has 0 bridgehead atoms. The van der Waals surface area contributed by atoms with Crippen LogP contribution < -0.4 is 0 Å². The second-order valence-electron chi connectivity index (χ2n) is 16.4. The molecular formula is C43H56. The Labute approximate surface area is 263 Å². The van der Waals surface area contributed by atoms with Gasteiger partial charge in [-0.05, 0) is 87.4 Å². The maximum atomic E-state index is 2.76. The standard InChI is InChI=1S/C43H56/c1-8-9-16-30-21-22-35(27-30)43(31-17-12-10-13-18-31,32-19-14-11-15-20-32)40-38-28-33(41(2,3)4)23-25-36(38)37-26-24-34(29-39(37)40)42(5,6)7/h10-15,17-20,23-26,28-30,35-40H,8-9,16,21-22,27H2,1-7H3. The van der Waals surface area contributed by atoms with E-state index in [0.29, 0.717) is 35.5 Å². The first-order valence-corrected chi connectivity index (χ1v) is 17.5. The Kier molecular flexibility index (Phi) is 8.29. The van der Waals surface area contributed by atoms with Crippen LogP contribution >= 0.6 is 0 Å². The molecule has 6 unspecified atom stereocenters. The summed E-state index contributed by atoms with van der Waals surface area (Å²) in [6.45, 7) is 16.7. The lowest BCUT2D eigenvalue weighted by molar-refractivity contribution is 0.153. The lowest BCUT2D eigenvalue weighted by Crippen LogP contribution is -2.47. The lowest BCUT2D eigenvalue weighted by Gasteiger charge is -2.50. The molecule has 0 heterocycles. The van der Waals surface area contributed by atoms with E-state index < -0.39 is 0 Å². The Balaban J connectivity index is 1.62. The fourth-order valence-corrected chi connectivity index (χ4v) is 9.72. The molecule has 6 atom stereocenters. The van der Waals surface area contributed by atoms with Crippen LogP contribution in [0.4, 0.5) is 0 Å². The molecule has 6 rings (SSSR count). The van der Waals surface area contributed by atoms with Gasteiger partial charge in [-0.2, -0.15) is 0 Å². The first kappa shape index (κ1) is 30.4. The number of hydrogen-bond donors (Lipinski definition) is 0. The molecular weight excluding hydrogens is 516 g/mol. The van der Waals surface area contributed by atoms with E-state index in [1.807, 2.05) is 0 Å². The van der Waals surface area contributed by atoms with Crippen LogP contribution in [0.5, 0.6) is 0 Å². The van der Waals surface area contributed by atoms with Gasteiger partial charge in [0, 0.05) is 5.41 Å². The molecule has 2 aromatic carbocycles. The Hall–Kier alpha value is -2.60. The summed E-state index contributed by atoms with van der Waals surface area (Å²) >= 11 is 0. The average molecular weight is 573 g/mol.